The largest absolute Gasteiger partial charge is 0.481 e. The molecule has 1 aliphatic rings. The summed E-state index contributed by atoms with van der Waals surface area (Å²) in [5, 5.41) is 27.4. The fourth-order valence-corrected chi connectivity index (χ4v) is 4.07. The van der Waals surface area contributed by atoms with E-state index in [9.17, 15) is 15.0 Å². The number of hydrogen-bond donors (Lipinski definition) is 3. The van der Waals surface area contributed by atoms with Gasteiger partial charge in [-0.1, -0.05) is 77.0 Å². The maximum atomic E-state index is 10.4. The molecule has 0 radical (unpaired) electrons. The van der Waals surface area contributed by atoms with Gasteiger partial charge < -0.3 is 20.1 Å². The summed E-state index contributed by atoms with van der Waals surface area (Å²) in [5.41, 5.74) is -0.388. The minimum atomic E-state index is -0.676. The number of ether oxygens (including phenoxy) is 1. The van der Waals surface area contributed by atoms with E-state index in [-0.39, 0.29) is 24.9 Å². The average molecular weight is 387 g/mol. The Morgan fingerprint density at radius 1 is 0.815 bits per heavy atom. The second-order valence-corrected chi connectivity index (χ2v) is 8.29. The van der Waals surface area contributed by atoms with Gasteiger partial charge in [0.25, 0.3) is 0 Å². The number of hydrogen-bond acceptors (Lipinski definition) is 4. The Labute approximate surface area is 165 Å². The molecule has 2 atom stereocenters. The van der Waals surface area contributed by atoms with Crippen LogP contribution < -0.4 is 0 Å². The van der Waals surface area contributed by atoms with Gasteiger partial charge in [0, 0.05) is 6.42 Å². The van der Waals surface area contributed by atoms with Crippen LogP contribution in [0.5, 0.6) is 0 Å². The molecule has 0 aromatic carbocycles. The molecule has 0 spiro atoms. The summed E-state index contributed by atoms with van der Waals surface area (Å²) in [6.07, 6.45) is 18.6. The molecule has 3 N–H and O–H groups in total. The van der Waals surface area contributed by atoms with Crippen LogP contribution in [0.15, 0.2) is 0 Å². The number of aliphatic carboxylic acids is 1. The second kappa shape index (κ2) is 15.3. The van der Waals surface area contributed by atoms with Gasteiger partial charge >= 0.3 is 5.97 Å². The minimum Gasteiger partial charge on any atom is -0.481 e. The highest BCUT2D eigenvalue weighted by atomic mass is 16.5. The van der Waals surface area contributed by atoms with Gasteiger partial charge in [-0.05, 0) is 25.7 Å². The van der Waals surface area contributed by atoms with Crippen LogP contribution >= 0.6 is 0 Å². The van der Waals surface area contributed by atoms with Crippen molar-refractivity contribution in [2.24, 2.45) is 0 Å². The topological polar surface area (TPSA) is 87.0 Å². The van der Waals surface area contributed by atoms with E-state index in [2.05, 4.69) is 0 Å². The van der Waals surface area contributed by atoms with Crippen LogP contribution in [0.4, 0.5) is 0 Å². The lowest BCUT2D eigenvalue weighted by molar-refractivity contribution is -0.137. The first-order valence-electron chi connectivity index (χ1n) is 11.2. The SMILES string of the molecule is O=C(O)CCCCCCCCCCCCCCCC1(CO)CCC(CO)O1. The number of aliphatic hydroxyl groups excluding tert-OH is 2. The summed E-state index contributed by atoms with van der Waals surface area (Å²) in [4.78, 5) is 10.4. The lowest BCUT2D eigenvalue weighted by atomic mass is 9.93. The highest BCUT2D eigenvalue weighted by molar-refractivity contribution is 5.66. The van der Waals surface area contributed by atoms with Gasteiger partial charge in [0.15, 0.2) is 0 Å². The van der Waals surface area contributed by atoms with Crippen molar-refractivity contribution in [2.45, 2.75) is 121 Å². The highest BCUT2D eigenvalue weighted by Gasteiger charge is 2.38. The quantitative estimate of drug-likeness (QED) is 0.294. The van der Waals surface area contributed by atoms with Crippen molar-refractivity contribution >= 4 is 5.97 Å². The molecule has 1 heterocycles. The molecule has 0 aromatic heterocycles. The number of rotatable bonds is 18. The third kappa shape index (κ3) is 11.7. The van der Waals surface area contributed by atoms with Crippen molar-refractivity contribution in [1.82, 2.24) is 0 Å². The van der Waals surface area contributed by atoms with Gasteiger partial charge in [-0.25, -0.2) is 0 Å². The highest BCUT2D eigenvalue weighted by Crippen LogP contribution is 2.34. The number of unbranched alkanes of at least 4 members (excludes halogenated alkanes) is 12. The third-order valence-corrected chi connectivity index (χ3v) is 5.85. The Bertz CT molecular complexity index is 374. The lowest BCUT2D eigenvalue weighted by Crippen LogP contribution is -2.34. The van der Waals surface area contributed by atoms with Crippen LogP contribution in [0.2, 0.25) is 0 Å². The van der Waals surface area contributed by atoms with Gasteiger partial charge in [-0.15, -0.1) is 0 Å². The first kappa shape index (κ1) is 24.4. The predicted molar refractivity (Wildman–Crippen MR) is 108 cm³/mol. The molecule has 0 bridgehead atoms. The smallest absolute Gasteiger partial charge is 0.303 e. The first-order valence-corrected chi connectivity index (χ1v) is 11.2. The molecule has 5 heteroatoms. The molecule has 27 heavy (non-hydrogen) atoms. The van der Waals surface area contributed by atoms with Crippen LogP contribution in [0.3, 0.4) is 0 Å². The predicted octanol–water partition coefficient (Wildman–Crippen LogP) is 4.82. The zero-order valence-corrected chi connectivity index (χ0v) is 17.2. The Kier molecular flexibility index (Phi) is 13.8. The molecule has 160 valence electrons. The summed E-state index contributed by atoms with van der Waals surface area (Å²) in [6.45, 7) is 0.134. The van der Waals surface area contributed by atoms with Crippen molar-refractivity contribution in [3.63, 3.8) is 0 Å². The van der Waals surface area contributed by atoms with Crippen molar-refractivity contribution in [3.05, 3.63) is 0 Å². The molecule has 0 aliphatic carbocycles. The van der Waals surface area contributed by atoms with Crippen molar-refractivity contribution in [3.8, 4) is 0 Å². The third-order valence-electron chi connectivity index (χ3n) is 5.85. The molecular weight excluding hydrogens is 344 g/mol. The first-order chi connectivity index (χ1) is 13.1. The molecule has 1 fully saturated rings. The van der Waals surface area contributed by atoms with E-state index in [1.807, 2.05) is 0 Å². The molecule has 0 saturated carbocycles. The van der Waals surface area contributed by atoms with Crippen molar-refractivity contribution in [2.75, 3.05) is 13.2 Å². The Hall–Kier alpha value is -0.650. The van der Waals surface area contributed by atoms with E-state index in [1.165, 1.54) is 64.2 Å². The Morgan fingerprint density at radius 2 is 1.30 bits per heavy atom. The Morgan fingerprint density at radius 3 is 1.70 bits per heavy atom. The maximum Gasteiger partial charge on any atom is 0.303 e. The van der Waals surface area contributed by atoms with E-state index >= 15 is 0 Å². The molecule has 2 unspecified atom stereocenters. The van der Waals surface area contributed by atoms with E-state index in [0.717, 1.165) is 38.5 Å². The second-order valence-electron chi connectivity index (χ2n) is 8.29. The molecule has 1 aliphatic heterocycles. The van der Waals surface area contributed by atoms with Gasteiger partial charge in [-0.3, -0.25) is 4.79 Å². The summed E-state index contributed by atoms with van der Waals surface area (Å²) >= 11 is 0. The van der Waals surface area contributed by atoms with Crippen LogP contribution in [-0.2, 0) is 9.53 Å². The molecular formula is C22H42O5. The molecule has 1 saturated heterocycles. The van der Waals surface area contributed by atoms with Crippen LogP contribution in [0.25, 0.3) is 0 Å². The van der Waals surface area contributed by atoms with Gasteiger partial charge in [0.2, 0.25) is 0 Å². The number of carboxylic acids is 1. The number of aliphatic hydroxyl groups is 2. The Balaban J connectivity index is 1.82. The molecule has 0 aromatic rings. The monoisotopic (exact) mass is 386 g/mol. The summed E-state index contributed by atoms with van der Waals surface area (Å²) < 4.78 is 5.85. The lowest BCUT2D eigenvalue weighted by Gasteiger charge is -2.27. The maximum absolute atomic E-state index is 10.4. The zero-order valence-electron chi connectivity index (χ0n) is 17.2. The van der Waals surface area contributed by atoms with Crippen LogP contribution in [-0.4, -0.2) is 46.2 Å². The molecule has 5 nitrogen and oxygen atoms in total. The van der Waals surface area contributed by atoms with Gasteiger partial charge in [0.05, 0.1) is 24.9 Å². The molecule has 0 amide bonds. The van der Waals surface area contributed by atoms with Crippen LogP contribution in [0.1, 0.15) is 109 Å². The van der Waals surface area contributed by atoms with Crippen molar-refractivity contribution < 1.29 is 24.9 Å². The van der Waals surface area contributed by atoms with Gasteiger partial charge in [0.1, 0.15) is 0 Å². The number of carbonyl (C=O) groups is 1. The van der Waals surface area contributed by atoms with E-state index in [1.54, 1.807) is 0 Å². The average Bonchev–Trinajstić information content (AvgIpc) is 3.09. The molecule has 1 rings (SSSR count). The summed E-state index contributed by atoms with van der Waals surface area (Å²) in [7, 11) is 0. The summed E-state index contributed by atoms with van der Waals surface area (Å²) in [6, 6.07) is 0. The number of carboxylic acid groups (broad SMARTS) is 1. The van der Waals surface area contributed by atoms with E-state index in [0.29, 0.717) is 6.42 Å². The fourth-order valence-electron chi connectivity index (χ4n) is 4.07. The van der Waals surface area contributed by atoms with E-state index < -0.39 is 5.97 Å². The zero-order chi connectivity index (χ0) is 19.8. The standard InChI is InChI=1S/C22H42O5/c23-18-20-15-17-22(19-24,27-20)16-13-11-9-7-5-3-1-2-4-6-8-10-12-14-21(25)26/h20,23-24H,1-19H2,(H,25,26). The van der Waals surface area contributed by atoms with E-state index in [4.69, 9.17) is 9.84 Å². The van der Waals surface area contributed by atoms with Crippen molar-refractivity contribution in [1.29, 1.82) is 0 Å². The normalized spacial score (nSPS) is 22.4. The van der Waals surface area contributed by atoms with Gasteiger partial charge in [-0.2, -0.15) is 0 Å². The minimum absolute atomic E-state index is 0.0620. The van der Waals surface area contributed by atoms with Crippen LogP contribution in [0, 0.1) is 0 Å². The summed E-state index contributed by atoms with van der Waals surface area (Å²) in [5.74, 6) is -0.676. The fraction of sp³-hybridized carbons (Fsp3) is 0.955.